The summed E-state index contributed by atoms with van der Waals surface area (Å²) in [4.78, 5) is 14.1. The molecule has 1 rings (SSSR count). The van der Waals surface area contributed by atoms with Gasteiger partial charge in [0.2, 0.25) is 0 Å². The number of hydrogen-bond donors (Lipinski definition) is 0. The molecule has 1 heterocycles. The molecule has 0 unspecified atom stereocenters. The number of halogens is 2. The van der Waals surface area contributed by atoms with E-state index in [0.29, 0.717) is 11.5 Å². The van der Waals surface area contributed by atoms with Crippen LogP contribution in [0.4, 0.5) is 8.78 Å². The Morgan fingerprint density at radius 1 is 1.50 bits per heavy atom. The van der Waals surface area contributed by atoms with Crippen molar-refractivity contribution < 1.29 is 18.0 Å². The first kappa shape index (κ1) is 8.83. The number of carbonyl (C=O) groups excluding carboxylic acids is 1. The lowest BCUT2D eigenvalue weighted by atomic mass is 10.4. The normalized spacial score (nSPS) is 10.8. The lowest BCUT2D eigenvalue weighted by Gasteiger charge is -1.90. The van der Waals surface area contributed by atoms with E-state index in [0.717, 1.165) is 0 Å². The van der Waals surface area contributed by atoms with E-state index in [2.05, 4.69) is 4.98 Å². The minimum Gasteiger partial charge on any atom is -0.439 e. The van der Waals surface area contributed by atoms with E-state index in [1.165, 1.54) is 0 Å². The first-order valence-corrected chi connectivity index (χ1v) is 3.28. The van der Waals surface area contributed by atoms with Gasteiger partial charge in [0.1, 0.15) is 5.76 Å². The summed E-state index contributed by atoms with van der Waals surface area (Å²) in [6.45, 7) is 3.14. The topological polar surface area (TPSA) is 43.1 Å². The second-order valence-corrected chi connectivity index (χ2v) is 2.33. The minimum absolute atomic E-state index is 0.388. The molecule has 1 aromatic rings. The van der Waals surface area contributed by atoms with Crippen molar-refractivity contribution >= 4 is 5.78 Å². The van der Waals surface area contributed by atoms with Crippen molar-refractivity contribution in [1.29, 1.82) is 0 Å². The molecule has 0 saturated carbocycles. The summed E-state index contributed by atoms with van der Waals surface area (Å²) in [6.07, 6.45) is -3.05. The zero-order valence-electron chi connectivity index (χ0n) is 6.60. The van der Waals surface area contributed by atoms with Crippen LogP contribution in [0.15, 0.2) is 4.42 Å². The molecule has 0 aliphatic heterocycles. The number of Topliss-reactive ketones (excluding diaryl/α,β-unsaturated/α-hetero) is 1. The summed E-state index contributed by atoms with van der Waals surface area (Å²) in [7, 11) is 0. The van der Waals surface area contributed by atoms with E-state index in [9.17, 15) is 13.6 Å². The van der Waals surface area contributed by atoms with Crippen LogP contribution in [-0.4, -0.2) is 17.2 Å². The number of aryl methyl sites for hydroxylation is 2. The molecule has 0 saturated heterocycles. The van der Waals surface area contributed by atoms with Gasteiger partial charge in [0, 0.05) is 0 Å². The summed E-state index contributed by atoms with van der Waals surface area (Å²) in [6, 6.07) is 0. The molecule has 0 amide bonds. The standard InChI is InChI=1S/C7H7F2NO2/c1-3-4(2)12-7(10-3)5(11)6(8)9/h6H,1-2H3. The lowest BCUT2D eigenvalue weighted by Crippen LogP contribution is -2.10. The molecule has 0 aliphatic rings. The van der Waals surface area contributed by atoms with E-state index in [1.807, 2.05) is 0 Å². The van der Waals surface area contributed by atoms with Gasteiger partial charge in [-0.05, 0) is 13.8 Å². The van der Waals surface area contributed by atoms with Gasteiger partial charge < -0.3 is 4.42 Å². The number of rotatable bonds is 2. The van der Waals surface area contributed by atoms with Crippen LogP contribution in [0.3, 0.4) is 0 Å². The number of aromatic nitrogens is 1. The predicted molar refractivity (Wildman–Crippen MR) is 36.3 cm³/mol. The van der Waals surface area contributed by atoms with Crippen molar-refractivity contribution in [2.75, 3.05) is 0 Å². The maximum absolute atomic E-state index is 11.8. The van der Waals surface area contributed by atoms with E-state index in [4.69, 9.17) is 4.42 Å². The Morgan fingerprint density at radius 3 is 2.42 bits per heavy atom. The third-order valence-electron chi connectivity index (χ3n) is 1.44. The summed E-state index contributed by atoms with van der Waals surface area (Å²) >= 11 is 0. The van der Waals surface area contributed by atoms with E-state index < -0.39 is 18.1 Å². The van der Waals surface area contributed by atoms with Crippen molar-refractivity contribution in [2.24, 2.45) is 0 Å². The fourth-order valence-corrected chi connectivity index (χ4v) is 0.671. The van der Waals surface area contributed by atoms with E-state index >= 15 is 0 Å². The Bertz CT molecular complexity index is 287. The van der Waals surface area contributed by atoms with Gasteiger partial charge in [0.25, 0.3) is 11.7 Å². The van der Waals surface area contributed by atoms with Crippen molar-refractivity contribution in [3.05, 3.63) is 17.3 Å². The van der Waals surface area contributed by atoms with Gasteiger partial charge in [-0.2, -0.15) is 0 Å². The quantitative estimate of drug-likeness (QED) is 0.643. The summed E-state index contributed by atoms with van der Waals surface area (Å²) in [5, 5.41) is 0. The van der Waals surface area contributed by atoms with Crippen LogP contribution in [0.5, 0.6) is 0 Å². The molecule has 12 heavy (non-hydrogen) atoms. The molecular formula is C7H7F2NO2. The molecule has 0 atom stereocenters. The number of carbonyl (C=O) groups is 1. The Labute approximate surface area is 67.4 Å². The number of hydrogen-bond acceptors (Lipinski definition) is 3. The number of oxazole rings is 1. The molecular weight excluding hydrogens is 168 g/mol. The summed E-state index contributed by atoms with van der Waals surface area (Å²) in [5.41, 5.74) is 0.457. The molecule has 0 spiro atoms. The van der Waals surface area contributed by atoms with Crippen LogP contribution in [0, 0.1) is 13.8 Å². The van der Waals surface area contributed by atoms with Crippen molar-refractivity contribution in [2.45, 2.75) is 20.3 Å². The highest BCUT2D eigenvalue weighted by molar-refractivity contribution is 5.94. The Hall–Kier alpha value is -1.26. The molecule has 1 aromatic heterocycles. The van der Waals surface area contributed by atoms with Crippen molar-refractivity contribution in [3.8, 4) is 0 Å². The first-order chi connectivity index (χ1) is 5.52. The van der Waals surface area contributed by atoms with Gasteiger partial charge in [-0.1, -0.05) is 0 Å². The van der Waals surface area contributed by atoms with E-state index in [-0.39, 0.29) is 0 Å². The molecule has 0 bridgehead atoms. The SMILES string of the molecule is Cc1nc(C(=O)C(F)F)oc1C. The Balaban J connectivity index is 2.97. The Kier molecular flexibility index (Phi) is 2.21. The second kappa shape index (κ2) is 3.00. The zero-order valence-corrected chi connectivity index (χ0v) is 6.60. The van der Waals surface area contributed by atoms with Crippen molar-refractivity contribution in [3.63, 3.8) is 0 Å². The third kappa shape index (κ3) is 1.49. The molecule has 0 aliphatic carbocycles. The smallest absolute Gasteiger partial charge is 0.305 e. The maximum atomic E-state index is 11.8. The number of alkyl halides is 2. The van der Waals surface area contributed by atoms with Crippen LogP contribution in [-0.2, 0) is 0 Å². The molecule has 0 radical (unpaired) electrons. The highest BCUT2D eigenvalue weighted by atomic mass is 19.3. The van der Waals surface area contributed by atoms with Crippen LogP contribution in [0.25, 0.3) is 0 Å². The van der Waals surface area contributed by atoms with Gasteiger partial charge >= 0.3 is 6.43 Å². The fraction of sp³-hybridized carbons (Fsp3) is 0.429. The van der Waals surface area contributed by atoms with E-state index in [1.54, 1.807) is 13.8 Å². The fourth-order valence-electron chi connectivity index (χ4n) is 0.671. The monoisotopic (exact) mass is 175 g/mol. The molecule has 0 N–H and O–H groups in total. The van der Waals surface area contributed by atoms with Gasteiger partial charge in [0.15, 0.2) is 0 Å². The minimum atomic E-state index is -3.05. The predicted octanol–water partition coefficient (Wildman–Crippen LogP) is 1.74. The largest absolute Gasteiger partial charge is 0.439 e. The highest BCUT2D eigenvalue weighted by Gasteiger charge is 2.23. The zero-order chi connectivity index (χ0) is 9.30. The third-order valence-corrected chi connectivity index (χ3v) is 1.44. The van der Waals surface area contributed by atoms with Crippen LogP contribution < -0.4 is 0 Å². The van der Waals surface area contributed by atoms with Crippen LogP contribution in [0.2, 0.25) is 0 Å². The molecule has 3 nitrogen and oxygen atoms in total. The average Bonchev–Trinajstić information content (AvgIpc) is 2.30. The number of ketones is 1. The average molecular weight is 175 g/mol. The molecule has 0 fully saturated rings. The first-order valence-electron chi connectivity index (χ1n) is 3.28. The molecule has 66 valence electrons. The van der Waals surface area contributed by atoms with Gasteiger partial charge in [-0.15, -0.1) is 0 Å². The molecule has 5 heteroatoms. The Morgan fingerprint density at radius 2 is 2.08 bits per heavy atom. The van der Waals surface area contributed by atoms with Crippen LogP contribution in [0.1, 0.15) is 22.1 Å². The summed E-state index contributed by atoms with van der Waals surface area (Å²) < 4.78 is 28.3. The van der Waals surface area contributed by atoms with Crippen LogP contribution >= 0.6 is 0 Å². The van der Waals surface area contributed by atoms with Gasteiger partial charge in [-0.25, -0.2) is 13.8 Å². The summed E-state index contributed by atoms with van der Waals surface area (Å²) in [5.74, 6) is -1.50. The van der Waals surface area contributed by atoms with Gasteiger partial charge in [-0.3, -0.25) is 4.79 Å². The molecule has 0 aromatic carbocycles. The van der Waals surface area contributed by atoms with Gasteiger partial charge in [0.05, 0.1) is 5.69 Å². The highest BCUT2D eigenvalue weighted by Crippen LogP contribution is 2.11. The maximum Gasteiger partial charge on any atom is 0.305 e. The number of nitrogens with zero attached hydrogens (tertiary/aromatic N) is 1. The second-order valence-electron chi connectivity index (χ2n) is 2.33. The lowest BCUT2D eigenvalue weighted by molar-refractivity contribution is 0.0640. The van der Waals surface area contributed by atoms with Crippen molar-refractivity contribution in [1.82, 2.24) is 4.98 Å².